The smallest absolute Gasteiger partial charge is 0.219 e. The lowest BCUT2D eigenvalue weighted by atomic mass is 9.97. The molecule has 0 aliphatic rings. The summed E-state index contributed by atoms with van der Waals surface area (Å²) in [5.74, 6) is 1.42. The first-order chi connectivity index (χ1) is 11.1. The van der Waals surface area contributed by atoms with E-state index in [1.54, 1.807) is 13.1 Å². The Hall–Kier alpha value is -2.03. The highest BCUT2D eigenvalue weighted by molar-refractivity contribution is 5.75. The molecule has 0 saturated heterocycles. The molecule has 1 amide bonds. The fourth-order valence-electron chi connectivity index (χ4n) is 2.27. The summed E-state index contributed by atoms with van der Waals surface area (Å²) >= 11 is 0. The van der Waals surface area contributed by atoms with Crippen LogP contribution >= 0.6 is 0 Å². The van der Waals surface area contributed by atoms with Gasteiger partial charge in [0.1, 0.15) is 11.9 Å². The second kappa shape index (κ2) is 12.5. The average molecular weight is 317 g/mol. The normalized spacial score (nSPS) is 12.3. The Bertz CT molecular complexity index is 453. The molecule has 0 fully saturated rings. The second-order valence-corrected chi connectivity index (χ2v) is 5.36. The van der Waals surface area contributed by atoms with Crippen LogP contribution in [0.5, 0.6) is 5.75 Å². The van der Waals surface area contributed by atoms with E-state index in [1.807, 2.05) is 12.1 Å². The van der Waals surface area contributed by atoms with Gasteiger partial charge in [-0.15, -0.1) is 13.2 Å². The second-order valence-electron chi connectivity index (χ2n) is 5.36. The maximum Gasteiger partial charge on any atom is 0.219 e. The minimum absolute atomic E-state index is 0.0224. The van der Waals surface area contributed by atoms with Crippen LogP contribution in [0.2, 0.25) is 0 Å². The highest BCUT2D eigenvalue weighted by Gasteiger charge is 2.10. The molecule has 1 aromatic carbocycles. The minimum Gasteiger partial charge on any atom is -0.486 e. The molecule has 2 atom stereocenters. The van der Waals surface area contributed by atoms with Crippen molar-refractivity contribution in [1.29, 1.82) is 0 Å². The lowest BCUT2D eigenvalue weighted by Crippen LogP contribution is -2.21. The Kier molecular flexibility index (Phi) is 11.4. The molecule has 0 saturated carbocycles. The lowest BCUT2D eigenvalue weighted by Gasteiger charge is -2.16. The molecule has 1 rings (SSSR count). The van der Waals surface area contributed by atoms with Crippen LogP contribution in [0.1, 0.15) is 51.0 Å². The zero-order chi connectivity index (χ0) is 17.7. The first kappa shape index (κ1) is 21.0. The Morgan fingerprint density at radius 2 is 1.87 bits per heavy atom. The fourth-order valence-corrected chi connectivity index (χ4v) is 2.27. The maximum atomic E-state index is 11.3. The zero-order valence-corrected chi connectivity index (χ0v) is 14.8. The monoisotopic (exact) mass is 317 g/mol. The Morgan fingerprint density at radius 1 is 1.26 bits per heavy atom. The number of amides is 1. The number of hydrogen-bond donors (Lipinski definition) is 1. The van der Waals surface area contributed by atoms with Gasteiger partial charge in [0.15, 0.2) is 0 Å². The molecule has 128 valence electrons. The third-order valence-electron chi connectivity index (χ3n) is 3.66. The molecule has 0 aliphatic heterocycles. The summed E-state index contributed by atoms with van der Waals surface area (Å²) in [5, 5.41) is 2.61. The van der Waals surface area contributed by atoms with Crippen molar-refractivity contribution in [3.05, 3.63) is 55.6 Å². The molecule has 1 aromatic rings. The van der Waals surface area contributed by atoms with E-state index < -0.39 is 0 Å². The molecule has 3 heteroatoms. The summed E-state index contributed by atoms with van der Waals surface area (Å²) in [5.41, 5.74) is 1.34. The third kappa shape index (κ3) is 8.24. The van der Waals surface area contributed by atoms with Gasteiger partial charge in [-0.3, -0.25) is 4.79 Å². The van der Waals surface area contributed by atoms with Crippen LogP contribution in [0.25, 0.3) is 0 Å². The van der Waals surface area contributed by atoms with Gasteiger partial charge in [-0.25, -0.2) is 0 Å². The Morgan fingerprint density at radius 3 is 2.35 bits per heavy atom. The van der Waals surface area contributed by atoms with Crippen LogP contribution in [0.3, 0.4) is 0 Å². The van der Waals surface area contributed by atoms with E-state index in [1.165, 1.54) is 18.4 Å². The number of carbonyl (C=O) groups is 1. The van der Waals surface area contributed by atoms with Gasteiger partial charge >= 0.3 is 0 Å². The topological polar surface area (TPSA) is 38.3 Å². The van der Waals surface area contributed by atoms with Crippen molar-refractivity contribution < 1.29 is 9.53 Å². The van der Waals surface area contributed by atoms with E-state index in [4.69, 9.17) is 4.74 Å². The van der Waals surface area contributed by atoms with E-state index in [0.29, 0.717) is 18.8 Å². The van der Waals surface area contributed by atoms with Gasteiger partial charge in [-0.05, 0) is 36.5 Å². The molecule has 0 aromatic heterocycles. The highest BCUT2D eigenvalue weighted by atomic mass is 16.5. The SMILES string of the molecule is C=C.C=CC(CCC(=O)NC)Oc1ccc(C(C)CCC)cc1. The Labute approximate surface area is 141 Å². The first-order valence-electron chi connectivity index (χ1n) is 8.20. The van der Waals surface area contributed by atoms with Crippen molar-refractivity contribution in [2.75, 3.05) is 7.05 Å². The summed E-state index contributed by atoms with van der Waals surface area (Å²) < 4.78 is 5.86. The van der Waals surface area contributed by atoms with Crippen LogP contribution in [0.4, 0.5) is 0 Å². The first-order valence-corrected chi connectivity index (χ1v) is 8.20. The molecule has 0 aliphatic carbocycles. The van der Waals surface area contributed by atoms with Crippen LogP contribution in [0.15, 0.2) is 50.1 Å². The van der Waals surface area contributed by atoms with E-state index >= 15 is 0 Å². The van der Waals surface area contributed by atoms with Crippen LogP contribution < -0.4 is 10.1 Å². The summed E-state index contributed by atoms with van der Waals surface area (Å²) in [7, 11) is 1.64. The quantitative estimate of drug-likeness (QED) is 0.661. The van der Waals surface area contributed by atoms with Gasteiger partial charge in [0.2, 0.25) is 5.91 Å². The number of rotatable bonds is 9. The van der Waals surface area contributed by atoms with E-state index in [0.717, 1.165) is 5.75 Å². The summed E-state index contributed by atoms with van der Waals surface area (Å²) in [6, 6.07) is 8.24. The minimum atomic E-state index is -0.138. The molecular weight excluding hydrogens is 286 g/mol. The predicted molar refractivity (Wildman–Crippen MR) is 98.9 cm³/mol. The molecule has 3 nitrogen and oxygen atoms in total. The fraction of sp³-hybridized carbons (Fsp3) is 0.450. The number of benzene rings is 1. The molecule has 23 heavy (non-hydrogen) atoms. The summed E-state index contributed by atoms with van der Waals surface area (Å²) in [4.78, 5) is 11.3. The van der Waals surface area contributed by atoms with Crippen molar-refractivity contribution in [2.45, 2.75) is 51.6 Å². The predicted octanol–water partition coefficient (Wildman–Crippen LogP) is 4.85. The lowest BCUT2D eigenvalue weighted by molar-refractivity contribution is -0.120. The molecule has 0 heterocycles. The molecule has 0 radical (unpaired) electrons. The Balaban J connectivity index is 0.00000232. The standard InChI is InChI=1S/C18H27NO2.C2H4/c1-5-7-14(3)15-8-10-17(11-9-15)21-16(6-2)12-13-18(20)19-4;1-2/h6,8-11,14,16H,2,5,7,12-13H2,1,3-4H3,(H,19,20);1-2H2. The average Bonchev–Trinajstić information content (AvgIpc) is 2.60. The maximum absolute atomic E-state index is 11.3. The zero-order valence-electron chi connectivity index (χ0n) is 14.8. The van der Waals surface area contributed by atoms with Crippen LogP contribution in [0, 0.1) is 0 Å². The van der Waals surface area contributed by atoms with Crippen molar-refractivity contribution in [2.24, 2.45) is 0 Å². The van der Waals surface area contributed by atoms with Crippen molar-refractivity contribution in [1.82, 2.24) is 5.32 Å². The summed E-state index contributed by atoms with van der Waals surface area (Å²) in [6.45, 7) is 14.2. The van der Waals surface area contributed by atoms with Crippen molar-refractivity contribution >= 4 is 5.91 Å². The number of nitrogens with one attached hydrogen (secondary N) is 1. The molecule has 0 spiro atoms. The van der Waals surface area contributed by atoms with E-state index in [-0.39, 0.29) is 12.0 Å². The molecule has 2 unspecified atom stereocenters. The van der Waals surface area contributed by atoms with E-state index in [2.05, 4.69) is 51.0 Å². The highest BCUT2D eigenvalue weighted by Crippen LogP contribution is 2.23. The van der Waals surface area contributed by atoms with Gasteiger partial charge in [-0.2, -0.15) is 0 Å². The van der Waals surface area contributed by atoms with Gasteiger partial charge < -0.3 is 10.1 Å². The number of carbonyl (C=O) groups excluding carboxylic acids is 1. The van der Waals surface area contributed by atoms with Gasteiger partial charge in [0.25, 0.3) is 0 Å². The van der Waals surface area contributed by atoms with E-state index in [9.17, 15) is 4.79 Å². The summed E-state index contributed by atoms with van der Waals surface area (Å²) in [6.07, 6.45) is 5.08. The van der Waals surface area contributed by atoms with Crippen LogP contribution in [-0.2, 0) is 4.79 Å². The van der Waals surface area contributed by atoms with Crippen molar-refractivity contribution in [3.8, 4) is 5.75 Å². The number of hydrogen-bond acceptors (Lipinski definition) is 2. The van der Waals surface area contributed by atoms with Gasteiger partial charge in [0.05, 0.1) is 0 Å². The van der Waals surface area contributed by atoms with Gasteiger partial charge in [-0.1, -0.05) is 45.1 Å². The number of ether oxygens (including phenoxy) is 1. The largest absolute Gasteiger partial charge is 0.486 e. The molecule has 0 bridgehead atoms. The third-order valence-corrected chi connectivity index (χ3v) is 3.66. The van der Waals surface area contributed by atoms with Gasteiger partial charge in [0, 0.05) is 13.5 Å². The molecule has 1 N–H and O–H groups in total. The van der Waals surface area contributed by atoms with Crippen LogP contribution in [-0.4, -0.2) is 19.1 Å². The van der Waals surface area contributed by atoms with Crippen molar-refractivity contribution in [3.63, 3.8) is 0 Å². The molecular formula is C20H31NO2.